The summed E-state index contributed by atoms with van der Waals surface area (Å²) in [5.74, 6) is 1.51. The van der Waals surface area contributed by atoms with E-state index in [9.17, 15) is 4.79 Å². The molecule has 0 saturated heterocycles. The third-order valence-electron chi connectivity index (χ3n) is 5.08. The zero-order valence-electron chi connectivity index (χ0n) is 18.6. The summed E-state index contributed by atoms with van der Waals surface area (Å²) < 4.78 is 11.6. The van der Waals surface area contributed by atoms with Crippen LogP contribution < -0.4 is 9.64 Å². The summed E-state index contributed by atoms with van der Waals surface area (Å²) in [4.78, 5) is 17.6. The first-order valence-electron chi connectivity index (χ1n) is 10.5. The highest BCUT2D eigenvalue weighted by atomic mass is 16.5. The van der Waals surface area contributed by atoms with Crippen molar-refractivity contribution < 1.29 is 14.1 Å². The van der Waals surface area contributed by atoms with Crippen molar-refractivity contribution in [1.82, 2.24) is 10.1 Å². The van der Waals surface area contributed by atoms with Gasteiger partial charge in [0, 0.05) is 30.6 Å². The lowest BCUT2D eigenvalue weighted by Crippen LogP contribution is -2.18. The number of benzene rings is 1. The lowest BCUT2D eigenvalue weighted by Gasteiger charge is -2.24. The number of unbranched alkanes of at least 4 members (excludes halogenated alkanes) is 1. The molecule has 0 aliphatic carbocycles. The van der Waals surface area contributed by atoms with Crippen LogP contribution >= 0.6 is 0 Å². The number of hydrogen-bond acceptors (Lipinski definition) is 6. The van der Waals surface area contributed by atoms with Gasteiger partial charge in [0.2, 0.25) is 0 Å². The summed E-state index contributed by atoms with van der Waals surface area (Å²) >= 11 is 0. The van der Waals surface area contributed by atoms with E-state index in [-0.39, 0.29) is 0 Å². The Kier molecular flexibility index (Phi) is 7.60. The van der Waals surface area contributed by atoms with Crippen molar-refractivity contribution in [3.63, 3.8) is 0 Å². The highest BCUT2D eigenvalue weighted by Gasteiger charge is 2.20. The molecule has 3 rings (SSSR count). The number of nitrogens with zero attached hydrogens (tertiary/aromatic N) is 3. The molecule has 0 N–H and O–H groups in total. The SMILES string of the molecule is CCCCOc1cc(N(C)Cc2ccccn2)c(/C=C\C=O)cc1-c1c(C)noc1C. The number of pyridine rings is 1. The van der Waals surface area contributed by atoms with Gasteiger partial charge in [0.1, 0.15) is 17.8 Å². The normalized spacial score (nSPS) is 11.1. The fourth-order valence-electron chi connectivity index (χ4n) is 3.52. The van der Waals surface area contributed by atoms with Crippen LogP contribution in [0.3, 0.4) is 0 Å². The van der Waals surface area contributed by atoms with E-state index < -0.39 is 0 Å². The summed E-state index contributed by atoms with van der Waals surface area (Å²) in [6.07, 6.45) is 7.90. The van der Waals surface area contributed by atoms with Gasteiger partial charge in [-0.15, -0.1) is 0 Å². The number of aryl methyl sites for hydroxylation is 2. The number of rotatable bonds is 10. The van der Waals surface area contributed by atoms with E-state index in [0.29, 0.717) is 13.2 Å². The van der Waals surface area contributed by atoms with Crippen molar-refractivity contribution in [3.05, 3.63) is 65.3 Å². The molecule has 6 heteroatoms. The molecule has 0 aliphatic heterocycles. The number of carbonyl (C=O) groups excluding carboxylic acids is 1. The molecule has 6 nitrogen and oxygen atoms in total. The van der Waals surface area contributed by atoms with E-state index in [0.717, 1.165) is 64.4 Å². The van der Waals surface area contributed by atoms with Crippen LogP contribution in [0.2, 0.25) is 0 Å². The van der Waals surface area contributed by atoms with E-state index in [1.54, 1.807) is 6.20 Å². The second kappa shape index (κ2) is 10.6. The first-order chi connectivity index (χ1) is 15.0. The topological polar surface area (TPSA) is 68.5 Å². The molecule has 0 spiro atoms. The number of allylic oxidation sites excluding steroid dienone is 1. The lowest BCUT2D eigenvalue weighted by molar-refractivity contribution is -0.104. The van der Waals surface area contributed by atoms with Crippen molar-refractivity contribution in [2.75, 3.05) is 18.6 Å². The molecule has 2 aromatic heterocycles. The quantitative estimate of drug-likeness (QED) is 0.250. The van der Waals surface area contributed by atoms with Crippen molar-refractivity contribution in [2.24, 2.45) is 0 Å². The van der Waals surface area contributed by atoms with Gasteiger partial charge >= 0.3 is 0 Å². The second-order valence-corrected chi connectivity index (χ2v) is 7.48. The smallest absolute Gasteiger partial charge is 0.142 e. The number of anilines is 1. The minimum absolute atomic E-state index is 0.625. The summed E-state index contributed by atoms with van der Waals surface area (Å²) in [5.41, 5.74) is 5.45. The van der Waals surface area contributed by atoms with Gasteiger partial charge in [-0.3, -0.25) is 9.78 Å². The van der Waals surface area contributed by atoms with Crippen molar-refractivity contribution in [2.45, 2.75) is 40.2 Å². The predicted octanol–water partition coefficient (Wildman–Crippen LogP) is 5.38. The maximum atomic E-state index is 11.1. The van der Waals surface area contributed by atoms with Gasteiger partial charge in [0.25, 0.3) is 0 Å². The van der Waals surface area contributed by atoms with Gasteiger partial charge < -0.3 is 14.2 Å². The highest BCUT2D eigenvalue weighted by molar-refractivity contribution is 5.85. The molecule has 0 saturated carbocycles. The molecule has 1 aromatic carbocycles. The molecule has 0 aliphatic rings. The lowest BCUT2D eigenvalue weighted by atomic mass is 9.98. The molecule has 0 fully saturated rings. The maximum Gasteiger partial charge on any atom is 0.142 e. The number of aldehydes is 1. The third-order valence-corrected chi connectivity index (χ3v) is 5.08. The van der Waals surface area contributed by atoms with Crippen LogP contribution in [0.25, 0.3) is 17.2 Å². The van der Waals surface area contributed by atoms with Crippen molar-refractivity contribution >= 4 is 18.0 Å². The molecule has 0 bridgehead atoms. The van der Waals surface area contributed by atoms with Crippen LogP contribution in [0.5, 0.6) is 5.75 Å². The van der Waals surface area contributed by atoms with Gasteiger partial charge in [0.15, 0.2) is 0 Å². The van der Waals surface area contributed by atoms with E-state index >= 15 is 0 Å². The zero-order valence-corrected chi connectivity index (χ0v) is 18.6. The summed E-state index contributed by atoms with van der Waals surface area (Å²) in [6, 6.07) is 9.94. The van der Waals surface area contributed by atoms with E-state index in [1.807, 2.05) is 57.3 Å². The first kappa shape index (κ1) is 22.3. The molecule has 2 heterocycles. The zero-order chi connectivity index (χ0) is 22.2. The fourth-order valence-corrected chi connectivity index (χ4v) is 3.52. The third kappa shape index (κ3) is 5.40. The van der Waals surface area contributed by atoms with Crippen LogP contribution in [0, 0.1) is 13.8 Å². The minimum Gasteiger partial charge on any atom is -0.493 e. The van der Waals surface area contributed by atoms with E-state index in [1.165, 1.54) is 6.08 Å². The molecule has 162 valence electrons. The van der Waals surface area contributed by atoms with Crippen molar-refractivity contribution in [3.8, 4) is 16.9 Å². The Morgan fingerprint density at radius 2 is 2.06 bits per heavy atom. The molecule has 0 atom stereocenters. The molecule has 0 radical (unpaired) electrons. The Morgan fingerprint density at radius 1 is 1.23 bits per heavy atom. The Morgan fingerprint density at radius 3 is 2.71 bits per heavy atom. The van der Waals surface area contributed by atoms with Crippen LogP contribution in [-0.4, -0.2) is 30.1 Å². The minimum atomic E-state index is 0.625. The number of aromatic nitrogens is 2. The molecule has 31 heavy (non-hydrogen) atoms. The second-order valence-electron chi connectivity index (χ2n) is 7.48. The van der Waals surface area contributed by atoms with E-state index in [4.69, 9.17) is 9.26 Å². The van der Waals surface area contributed by atoms with E-state index in [2.05, 4.69) is 22.0 Å². The predicted molar refractivity (Wildman–Crippen MR) is 123 cm³/mol. The molecule has 0 unspecified atom stereocenters. The Labute approximate surface area is 183 Å². The molecular formula is C25H29N3O3. The molecule has 3 aromatic rings. The van der Waals surface area contributed by atoms with Gasteiger partial charge in [-0.05, 0) is 56.2 Å². The average Bonchev–Trinajstić information content (AvgIpc) is 3.11. The Bertz CT molecular complexity index is 1020. The molecule has 0 amide bonds. The summed E-state index contributed by atoms with van der Waals surface area (Å²) in [6.45, 7) is 7.20. The van der Waals surface area contributed by atoms with Crippen LogP contribution in [0.1, 0.15) is 42.5 Å². The van der Waals surface area contributed by atoms with Gasteiger partial charge in [-0.2, -0.15) is 0 Å². The maximum absolute atomic E-state index is 11.1. The largest absolute Gasteiger partial charge is 0.493 e. The van der Waals surface area contributed by atoms with Crippen molar-refractivity contribution in [1.29, 1.82) is 0 Å². The standard InChI is InChI=1S/C25H29N3O3/c1-5-6-14-30-24-16-23(28(4)17-21-11-7-8-12-26-21)20(10-9-13-29)15-22(24)25-18(2)27-31-19(25)3/h7-13,15-16H,5-6,14,17H2,1-4H3/b10-9-. The van der Waals surface area contributed by atoms with Gasteiger partial charge in [0.05, 0.1) is 30.1 Å². The Hall–Kier alpha value is -3.41. The fraction of sp³-hybridized carbons (Fsp3) is 0.320. The highest BCUT2D eigenvalue weighted by Crippen LogP contribution is 2.40. The number of ether oxygens (including phenoxy) is 1. The average molecular weight is 420 g/mol. The van der Waals surface area contributed by atoms with Gasteiger partial charge in [-0.25, -0.2) is 0 Å². The van der Waals surface area contributed by atoms with Gasteiger partial charge in [-0.1, -0.05) is 24.6 Å². The van der Waals surface area contributed by atoms with Crippen LogP contribution in [0.15, 0.2) is 47.1 Å². The first-order valence-corrected chi connectivity index (χ1v) is 10.5. The Balaban J connectivity index is 2.11. The number of hydrogen-bond donors (Lipinski definition) is 0. The monoisotopic (exact) mass is 419 g/mol. The van der Waals surface area contributed by atoms with Crippen LogP contribution in [0.4, 0.5) is 5.69 Å². The summed E-state index contributed by atoms with van der Waals surface area (Å²) in [5, 5.41) is 4.11. The molecular weight excluding hydrogens is 390 g/mol. The number of carbonyl (C=O) groups is 1. The van der Waals surface area contributed by atoms with Crippen LogP contribution in [-0.2, 0) is 11.3 Å². The summed E-state index contributed by atoms with van der Waals surface area (Å²) in [7, 11) is 2.01.